The Morgan fingerprint density at radius 2 is 1.96 bits per heavy atom. The van der Waals surface area contributed by atoms with E-state index in [1.54, 1.807) is 0 Å². The Bertz CT molecular complexity index is 540. The van der Waals surface area contributed by atoms with Crippen LogP contribution in [0.25, 0.3) is 0 Å². The van der Waals surface area contributed by atoms with Crippen LogP contribution >= 0.6 is 0 Å². The minimum absolute atomic E-state index is 0.0873. The quantitative estimate of drug-likeness (QED) is 0.856. The molecule has 1 N–H and O–H groups in total. The predicted molar refractivity (Wildman–Crippen MR) is 94.9 cm³/mol. The fraction of sp³-hybridized carbons (Fsp3) is 0.632. The lowest BCUT2D eigenvalue weighted by Crippen LogP contribution is -2.51. The van der Waals surface area contributed by atoms with Gasteiger partial charge in [0.2, 0.25) is 5.91 Å². The summed E-state index contributed by atoms with van der Waals surface area (Å²) < 4.78 is 5.62. The van der Waals surface area contributed by atoms with Crippen molar-refractivity contribution in [3.05, 3.63) is 35.4 Å². The third-order valence-electron chi connectivity index (χ3n) is 4.99. The van der Waals surface area contributed by atoms with Crippen LogP contribution in [0.15, 0.2) is 24.3 Å². The van der Waals surface area contributed by atoms with Gasteiger partial charge in [0, 0.05) is 6.54 Å². The number of hydrogen-bond acceptors (Lipinski definition) is 4. The maximum atomic E-state index is 12.4. The number of hydrogen-bond donors (Lipinski definition) is 1. The molecule has 132 valence electrons. The van der Waals surface area contributed by atoms with Gasteiger partial charge in [0.15, 0.2) is 0 Å². The van der Waals surface area contributed by atoms with Crippen LogP contribution in [0.1, 0.15) is 24.0 Å². The number of carbonyl (C=O) groups excluding carboxylic acids is 1. The van der Waals surface area contributed by atoms with E-state index in [1.807, 2.05) is 7.05 Å². The Morgan fingerprint density at radius 1 is 1.25 bits per heavy atom. The summed E-state index contributed by atoms with van der Waals surface area (Å²) in [7, 11) is 1.99. The van der Waals surface area contributed by atoms with Crippen molar-refractivity contribution in [1.82, 2.24) is 15.1 Å². The van der Waals surface area contributed by atoms with E-state index >= 15 is 0 Å². The third-order valence-corrected chi connectivity index (χ3v) is 4.99. The summed E-state index contributed by atoms with van der Waals surface area (Å²) in [6.45, 7) is 6.92. The first-order chi connectivity index (χ1) is 11.6. The first-order valence-corrected chi connectivity index (χ1v) is 8.97. The molecule has 1 aromatic carbocycles. The molecule has 5 heteroatoms. The topological polar surface area (TPSA) is 44.8 Å². The van der Waals surface area contributed by atoms with Crippen LogP contribution in [-0.4, -0.2) is 67.7 Å². The zero-order chi connectivity index (χ0) is 16.9. The average Bonchev–Trinajstić information content (AvgIpc) is 3.20. The van der Waals surface area contributed by atoms with Gasteiger partial charge in [-0.25, -0.2) is 0 Å². The fourth-order valence-electron chi connectivity index (χ4n) is 3.67. The second kappa shape index (κ2) is 8.10. The van der Waals surface area contributed by atoms with Gasteiger partial charge in [-0.15, -0.1) is 0 Å². The number of aryl methyl sites for hydroxylation is 1. The van der Waals surface area contributed by atoms with Crippen LogP contribution < -0.4 is 5.32 Å². The largest absolute Gasteiger partial charge is 0.378 e. The molecular formula is C19H29N3O2. The Morgan fingerprint density at radius 3 is 2.67 bits per heavy atom. The predicted octanol–water partition coefficient (Wildman–Crippen LogP) is 1.41. The van der Waals surface area contributed by atoms with E-state index in [1.165, 1.54) is 24.0 Å². The van der Waals surface area contributed by atoms with Gasteiger partial charge >= 0.3 is 0 Å². The number of ether oxygens (including phenoxy) is 1. The van der Waals surface area contributed by atoms with Crippen molar-refractivity contribution in [3.63, 3.8) is 0 Å². The molecule has 2 aliphatic heterocycles. The van der Waals surface area contributed by atoms with Crippen LogP contribution in [0.4, 0.5) is 0 Å². The van der Waals surface area contributed by atoms with Crippen molar-refractivity contribution in [2.45, 2.75) is 38.4 Å². The van der Waals surface area contributed by atoms with Gasteiger partial charge in [-0.2, -0.15) is 0 Å². The monoisotopic (exact) mass is 331 g/mol. The molecule has 2 saturated heterocycles. The van der Waals surface area contributed by atoms with E-state index in [-0.39, 0.29) is 11.9 Å². The van der Waals surface area contributed by atoms with Gasteiger partial charge in [0.1, 0.15) is 0 Å². The minimum atomic E-state index is 0.0873. The van der Waals surface area contributed by atoms with Gasteiger partial charge in [-0.3, -0.25) is 14.6 Å². The third kappa shape index (κ3) is 4.56. The molecule has 2 heterocycles. The molecule has 0 unspecified atom stereocenters. The number of benzene rings is 1. The maximum absolute atomic E-state index is 12.4. The highest BCUT2D eigenvalue weighted by Gasteiger charge is 2.35. The molecule has 0 bridgehead atoms. The molecule has 2 fully saturated rings. The van der Waals surface area contributed by atoms with Crippen LogP contribution in [0, 0.1) is 6.92 Å². The van der Waals surface area contributed by atoms with E-state index in [0.29, 0.717) is 19.2 Å². The number of likely N-dealkylation sites (tertiary alicyclic amines) is 1. The second-order valence-corrected chi connectivity index (χ2v) is 7.18. The molecule has 3 rings (SSSR count). The first kappa shape index (κ1) is 17.4. The Kier molecular flexibility index (Phi) is 5.87. The highest BCUT2D eigenvalue weighted by molar-refractivity contribution is 5.78. The number of amides is 1. The number of carbonyl (C=O) groups is 1. The van der Waals surface area contributed by atoms with Crippen molar-refractivity contribution >= 4 is 5.91 Å². The molecule has 0 saturated carbocycles. The van der Waals surface area contributed by atoms with Gasteiger partial charge in [-0.1, -0.05) is 29.8 Å². The highest BCUT2D eigenvalue weighted by Crippen LogP contribution is 2.19. The van der Waals surface area contributed by atoms with Gasteiger partial charge in [0.25, 0.3) is 0 Å². The maximum Gasteiger partial charge on any atom is 0.234 e. The normalized spacial score (nSPS) is 24.6. The van der Waals surface area contributed by atoms with Crippen LogP contribution in [0.3, 0.4) is 0 Å². The molecule has 0 aromatic heterocycles. The van der Waals surface area contributed by atoms with Crippen molar-refractivity contribution in [2.24, 2.45) is 0 Å². The average molecular weight is 331 g/mol. The van der Waals surface area contributed by atoms with Gasteiger partial charge in [0.05, 0.1) is 31.8 Å². The summed E-state index contributed by atoms with van der Waals surface area (Å²) in [4.78, 5) is 16.9. The summed E-state index contributed by atoms with van der Waals surface area (Å²) in [6.07, 6.45) is 2.52. The fourth-order valence-corrected chi connectivity index (χ4v) is 3.67. The van der Waals surface area contributed by atoms with Crippen LogP contribution in [0.5, 0.6) is 0 Å². The van der Waals surface area contributed by atoms with Gasteiger partial charge in [-0.05, 0) is 45.5 Å². The Balaban J connectivity index is 1.46. The second-order valence-electron chi connectivity index (χ2n) is 7.18. The van der Waals surface area contributed by atoms with Crippen molar-refractivity contribution in [1.29, 1.82) is 0 Å². The first-order valence-electron chi connectivity index (χ1n) is 8.97. The molecular weight excluding hydrogens is 302 g/mol. The number of nitrogens with one attached hydrogen (secondary N) is 1. The molecule has 0 radical (unpaired) electrons. The summed E-state index contributed by atoms with van der Waals surface area (Å²) in [5, 5.41) is 3.18. The van der Waals surface area contributed by atoms with Crippen LogP contribution in [-0.2, 0) is 16.1 Å². The SMILES string of the molecule is Cc1ccc(CN(C)CC(=O)N[C@@H]2COC[C@H]2N2CCCC2)cc1. The highest BCUT2D eigenvalue weighted by atomic mass is 16.5. The van der Waals surface area contributed by atoms with Crippen molar-refractivity contribution in [3.8, 4) is 0 Å². The molecule has 24 heavy (non-hydrogen) atoms. The van der Waals surface area contributed by atoms with E-state index in [2.05, 4.69) is 46.3 Å². The van der Waals surface area contributed by atoms with Gasteiger partial charge < -0.3 is 10.1 Å². The number of likely N-dealkylation sites (N-methyl/N-ethyl adjacent to an activating group) is 1. The molecule has 0 aliphatic carbocycles. The van der Waals surface area contributed by atoms with Crippen molar-refractivity contribution < 1.29 is 9.53 Å². The van der Waals surface area contributed by atoms with E-state index in [9.17, 15) is 4.79 Å². The van der Waals surface area contributed by atoms with E-state index < -0.39 is 0 Å². The standard InChI is InChI=1S/C19H29N3O2/c1-15-5-7-16(8-6-15)11-21(2)12-19(23)20-17-13-24-14-18(17)22-9-3-4-10-22/h5-8,17-18H,3-4,9-14H2,1-2H3,(H,20,23)/t17-,18-/m1/s1. The molecule has 0 spiro atoms. The lowest BCUT2D eigenvalue weighted by molar-refractivity contribution is -0.123. The molecule has 1 aromatic rings. The molecule has 2 aliphatic rings. The summed E-state index contributed by atoms with van der Waals surface area (Å²) in [6, 6.07) is 8.94. The summed E-state index contributed by atoms with van der Waals surface area (Å²) in [5.41, 5.74) is 2.49. The lowest BCUT2D eigenvalue weighted by Gasteiger charge is -2.28. The molecule has 5 nitrogen and oxygen atoms in total. The summed E-state index contributed by atoms with van der Waals surface area (Å²) >= 11 is 0. The van der Waals surface area contributed by atoms with E-state index in [4.69, 9.17) is 4.74 Å². The smallest absolute Gasteiger partial charge is 0.234 e. The summed E-state index contributed by atoms with van der Waals surface area (Å²) in [5.74, 6) is 0.0873. The number of rotatable bonds is 6. The van der Waals surface area contributed by atoms with Crippen LogP contribution in [0.2, 0.25) is 0 Å². The Hall–Kier alpha value is -1.43. The Labute approximate surface area is 145 Å². The zero-order valence-corrected chi connectivity index (χ0v) is 14.8. The molecule has 1 amide bonds. The minimum Gasteiger partial charge on any atom is -0.378 e. The zero-order valence-electron chi connectivity index (χ0n) is 14.8. The number of nitrogens with zero attached hydrogens (tertiary/aromatic N) is 2. The lowest BCUT2D eigenvalue weighted by atomic mass is 10.1. The van der Waals surface area contributed by atoms with Crippen molar-refractivity contribution in [2.75, 3.05) is 39.9 Å². The van der Waals surface area contributed by atoms with E-state index in [0.717, 1.165) is 26.2 Å². The molecule has 2 atom stereocenters.